The Bertz CT molecular complexity index is 246. The molecular formula is C11H19NO3. The van der Waals surface area contributed by atoms with Gasteiger partial charge in [-0.25, -0.2) is 0 Å². The molecule has 4 nitrogen and oxygen atoms in total. The van der Waals surface area contributed by atoms with Gasteiger partial charge in [-0.1, -0.05) is 12.8 Å². The predicted molar refractivity (Wildman–Crippen MR) is 57.4 cm³/mol. The molecule has 1 saturated heterocycles. The average molecular weight is 213 g/mol. The molecule has 1 aliphatic rings. The molecule has 1 heterocycles. The lowest BCUT2D eigenvalue weighted by atomic mass is 10.1. The van der Waals surface area contributed by atoms with Gasteiger partial charge in [-0.2, -0.15) is 0 Å². The van der Waals surface area contributed by atoms with Crippen molar-refractivity contribution in [2.24, 2.45) is 0 Å². The lowest BCUT2D eigenvalue weighted by molar-refractivity contribution is -0.129. The van der Waals surface area contributed by atoms with Crippen LogP contribution in [-0.4, -0.2) is 40.2 Å². The fraction of sp³-hybridized carbons (Fsp3) is 0.727. The van der Waals surface area contributed by atoms with Crippen LogP contribution in [-0.2, 0) is 4.79 Å². The van der Waals surface area contributed by atoms with Crippen molar-refractivity contribution in [1.29, 1.82) is 0 Å². The molecule has 1 rings (SSSR count). The molecule has 0 aromatic rings. The number of rotatable bonds is 2. The van der Waals surface area contributed by atoms with Gasteiger partial charge in [0, 0.05) is 12.6 Å². The highest BCUT2D eigenvalue weighted by Crippen LogP contribution is 2.17. The zero-order valence-electron chi connectivity index (χ0n) is 9.15. The maximum Gasteiger partial charge on any atom is 0.250 e. The molecule has 0 saturated carbocycles. The Morgan fingerprint density at radius 3 is 2.80 bits per heavy atom. The Hall–Kier alpha value is -1.03. The van der Waals surface area contributed by atoms with E-state index < -0.39 is 0 Å². The second kappa shape index (κ2) is 5.75. The first-order valence-corrected chi connectivity index (χ1v) is 5.44. The fourth-order valence-corrected chi connectivity index (χ4v) is 1.92. The zero-order chi connectivity index (χ0) is 11.3. The van der Waals surface area contributed by atoms with Gasteiger partial charge in [0.05, 0.1) is 18.4 Å². The lowest BCUT2D eigenvalue weighted by Crippen LogP contribution is -2.41. The smallest absolute Gasteiger partial charge is 0.250 e. The second-order valence-electron chi connectivity index (χ2n) is 4.00. The van der Waals surface area contributed by atoms with Gasteiger partial charge in [0.15, 0.2) is 0 Å². The van der Waals surface area contributed by atoms with E-state index in [9.17, 15) is 9.90 Å². The molecule has 0 bridgehead atoms. The lowest BCUT2D eigenvalue weighted by Gasteiger charge is -2.27. The van der Waals surface area contributed by atoms with Crippen LogP contribution < -0.4 is 0 Å². The summed E-state index contributed by atoms with van der Waals surface area (Å²) in [5.41, 5.74) is 0. The van der Waals surface area contributed by atoms with E-state index in [1.165, 1.54) is 13.0 Å². The summed E-state index contributed by atoms with van der Waals surface area (Å²) < 4.78 is 0. The number of likely N-dealkylation sites (tertiary alicyclic amines) is 1. The second-order valence-corrected chi connectivity index (χ2v) is 4.00. The third-order valence-electron chi connectivity index (χ3n) is 2.70. The van der Waals surface area contributed by atoms with Gasteiger partial charge < -0.3 is 15.1 Å². The van der Waals surface area contributed by atoms with Crippen molar-refractivity contribution >= 4 is 5.91 Å². The first-order chi connectivity index (χ1) is 7.15. The highest BCUT2D eigenvalue weighted by Gasteiger charge is 2.23. The summed E-state index contributed by atoms with van der Waals surface area (Å²) in [4.78, 5) is 13.4. The van der Waals surface area contributed by atoms with Crippen LogP contribution in [0, 0.1) is 0 Å². The van der Waals surface area contributed by atoms with Crippen LogP contribution in [0.25, 0.3) is 0 Å². The maximum atomic E-state index is 11.7. The van der Waals surface area contributed by atoms with Crippen molar-refractivity contribution in [3.63, 3.8) is 0 Å². The van der Waals surface area contributed by atoms with E-state index in [-0.39, 0.29) is 24.3 Å². The van der Waals surface area contributed by atoms with Crippen molar-refractivity contribution in [2.45, 2.75) is 38.6 Å². The molecule has 1 fully saturated rings. The van der Waals surface area contributed by atoms with Gasteiger partial charge in [0.25, 0.3) is 0 Å². The van der Waals surface area contributed by atoms with Crippen LogP contribution in [0.15, 0.2) is 11.8 Å². The molecule has 0 aliphatic carbocycles. The maximum absolute atomic E-state index is 11.7. The van der Waals surface area contributed by atoms with E-state index in [2.05, 4.69) is 0 Å². The van der Waals surface area contributed by atoms with Crippen molar-refractivity contribution < 1.29 is 15.0 Å². The summed E-state index contributed by atoms with van der Waals surface area (Å²) in [6, 6.07) is -0.0874. The first-order valence-electron chi connectivity index (χ1n) is 5.44. The van der Waals surface area contributed by atoms with Crippen LogP contribution in [0.5, 0.6) is 0 Å². The number of hydrogen-bond donors (Lipinski definition) is 2. The van der Waals surface area contributed by atoms with Crippen molar-refractivity contribution in [2.75, 3.05) is 13.2 Å². The highest BCUT2D eigenvalue weighted by molar-refractivity contribution is 5.88. The van der Waals surface area contributed by atoms with E-state index in [4.69, 9.17) is 5.11 Å². The number of aliphatic hydroxyl groups is 2. The molecule has 0 radical (unpaired) electrons. The molecule has 2 N–H and O–H groups in total. The van der Waals surface area contributed by atoms with E-state index >= 15 is 0 Å². The molecule has 0 aromatic heterocycles. The summed E-state index contributed by atoms with van der Waals surface area (Å²) >= 11 is 0. The van der Waals surface area contributed by atoms with Gasteiger partial charge in [-0.05, 0) is 19.8 Å². The molecule has 0 aromatic carbocycles. The van der Waals surface area contributed by atoms with Gasteiger partial charge in [0.2, 0.25) is 5.91 Å². The SMILES string of the molecule is CC(O)=CC(=O)N1CCCCCC1CO. The van der Waals surface area contributed by atoms with Crippen molar-refractivity contribution in [1.82, 2.24) is 4.90 Å². The molecule has 1 unspecified atom stereocenters. The third kappa shape index (κ3) is 3.55. The monoisotopic (exact) mass is 213 g/mol. The Labute approximate surface area is 90.2 Å². The van der Waals surface area contributed by atoms with Crippen LogP contribution in [0.1, 0.15) is 32.6 Å². The predicted octanol–water partition coefficient (Wildman–Crippen LogP) is 1.21. The number of aliphatic hydroxyl groups excluding tert-OH is 2. The summed E-state index contributed by atoms with van der Waals surface area (Å²) in [7, 11) is 0. The number of allylic oxidation sites excluding steroid dienone is 1. The highest BCUT2D eigenvalue weighted by atomic mass is 16.3. The van der Waals surface area contributed by atoms with E-state index in [1.807, 2.05) is 0 Å². The standard InChI is InChI=1S/C11H19NO3/c1-9(14)7-11(15)12-6-4-2-3-5-10(12)8-13/h7,10,13-14H,2-6,8H2,1H3. The number of amides is 1. The molecule has 4 heteroatoms. The Morgan fingerprint density at radius 1 is 1.47 bits per heavy atom. The molecular weight excluding hydrogens is 194 g/mol. The minimum atomic E-state index is -0.198. The van der Waals surface area contributed by atoms with Crippen LogP contribution >= 0.6 is 0 Å². The van der Waals surface area contributed by atoms with E-state index in [1.54, 1.807) is 4.90 Å². The molecule has 1 atom stereocenters. The molecule has 1 aliphatic heterocycles. The van der Waals surface area contributed by atoms with E-state index in [0.717, 1.165) is 25.7 Å². The van der Waals surface area contributed by atoms with Crippen molar-refractivity contribution in [3.8, 4) is 0 Å². The van der Waals surface area contributed by atoms with E-state index in [0.29, 0.717) is 6.54 Å². The zero-order valence-corrected chi connectivity index (χ0v) is 9.15. The van der Waals surface area contributed by atoms with Crippen LogP contribution in [0.4, 0.5) is 0 Å². The molecule has 0 spiro atoms. The molecule has 15 heavy (non-hydrogen) atoms. The van der Waals surface area contributed by atoms with Gasteiger partial charge >= 0.3 is 0 Å². The summed E-state index contributed by atoms with van der Waals surface area (Å²) in [6.07, 6.45) is 5.19. The largest absolute Gasteiger partial charge is 0.512 e. The number of hydrogen-bond acceptors (Lipinski definition) is 3. The number of nitrogens with zero attached hydrogens (tertiary/aromatic N) is 1. The third-order valence-corrected chi connectivity index (χ3v) is 2.70. The minimum absolute atomic E-state index is 0.00402. The number of carbonyl (C=O) groups is 1. The Kier molecular flexibility index (Phi) is 4.62. The normalized spacial score (nSPS) is 23.7. The van der Waals surface area contributed by atoms with Gasteiger partial charge in [-0.15, -0.1) is 0 Å². The molecule has 1 amide bonds. The number of carbonyl (C=O) groups excluding carboxylic acids is 1. The minimum Gasteiger partial charge on any atom is -0.512 e. The average Bonchev–Trinajstić information content (AvgIpc) is 2.40. The van der Waals surface area contributed by atoms with Gasteiger partial charge in [-0.3, -0.25) is 4.79 Å². The van der Waals surface area contributed by atoms with Crippen LogP contribution in [0.2, 0.25) is 0 Å². The first kappa shape index (κ1) is 12.0. The Morgan fingerprint density at radius 2 is 2.20 bits per heavy atom. The van der Waals surface area contributed by atoms with Gasteiger partial charge in [0.1, 0.15) is 0 Å². The van der Waals surface area contributed by atoms with Crippen molar-refractivity contribution in [3.05, 3.63) is 11.8 Å². The quantitative estimate of drug-likeness (QED) is 0.535. The summed E-state index contributed by atoms with van der Waals surface area (Å²) in [5.74, 6) is -0.183. The Balaban J connectivity index is 2.70. The molecule has 86 valence electrons. The summed E-state index contributed by atoms with van der Waals surface area (Å²) in [5, 5.41) is 18.2. The topological polar surface area (TPSA) is 60.8 Å². The van der Waals surface area contributed by atoms with Crippen LogP contribution in [0.3, 0.4) is 0 Å². The summed E-state index contributed by atoms with van der Waals surface area (Å²) in [6.45, 7) is 2.15. The fourth-order valence-electron chi connectivity index (χ4n) is 1.92.